The van der Waals surface area contributed by atoms with Crippen molar-refractivity contribution in [1.29, 1.82) is 0 Å². The third-order valence-electron chi connectivity index (χ3n) is 0.151. The van der Waals surface area contributed by atoms with E-state index in [4.69, 9.17) is 6.48 Å². The third-order valence-corrected chi connectivity index (χ3v) is 0.151. The Morgan fingerprint density at radius 1 is 2.40 bits per heavy atom. The summed E-state index contributed by atoms with van der Waals surface area (Å²) in [6.07, 6.45) is -1.15. The monoisotopic (exact) mass is 76.0 g/mol. The lowest BCUT2D eigenvalue weighted by atomic mass is 11.1. The number of rotatable bonds is 0. The summed E-state index contributed by atoms with van der Waals surface area (Å²) in [5.74, 6) is 0. The molecule has 0 aliphatic heterocycles. The fourth-order valence-corrected chi connectivity index (χ4v) is 0. The average molecular weight is 76.1 g/mol. The van der Waals surface area contributed by atoms with Crippen LogP contribution in [0.5, 0.6) is 0 Å². The zero-order valence-corrected chi connectivity index (χ0v) is 2.56. The number of hydrogen-bond acceptors (Lipinski definition) is 1. The zero-order chi connectivity index (χ0) is 4.99. The first-order valence-corrected chi connectivity index (χ1v) is 1.03. The molecule has 0 aliphatic rings. The van der Waals surface area contributed by atoms with Crippen LogP contribution in [0, 0.1) is 0 Å². The second kappa shape index (κ2) is 1.58. The molecule has 0 fully saturated rings. The minimum absolute atomic E-state index is 0.269. The summed E-state index contributed by atoms with van der Waals surface area (Å²) < 4.78 is 6.24. The van der Waals surface area contributed by atoms with Gasteiger partial charge in [-0.15, -0.1) is 0 Å². The van der Waals surface area contributed by atoms with Crippen molar-refractivity contribution in [3.05, 3.63) is 0 Å². The van der Waals surface area contributed by atoms with E-state index >= 15 is 0 Å². The predicted molar refractivity (Wildman–Crippen MR) is 17.1 cm³/mol. The Hall–Kier alpha value is -0.730. The first-order valence-electron chi connectivity index (χ1n) is 1.74. The smallest absolute Gasteiger partial charge is 0.404 e. The molecule has 2 N–H and O–H groups in total. The topological polar surface area (TPSA) is 49.3 Å². The molecule has 0 aliphatic carbocycles. The van der Waals surface area contributed by atoms with Crippen LogP contribution in [0.3, 0.4) is 0 Å². The first kappa shape index (κ1) is 2.50. The van der Waals surface area contributed by atoms with Crippen molar-refractivity contribution in [3.63, 3.8) is 0 Å². The molecule has 0 saturated heterocycles. The highest BCUT2D eigenvalue weighted by Gasteiger charge is 1.76. The molecule has 0 aromatic rings. The van der Waals surface area contributed by atoms with Gasteiger partial charge in [-0.25, -0.2) is 4.79 Å². The molecule has 0 unspecified atom stereocenters. The molecule has 0 saturated carbocycles. The molecule has 0 aromatic heterocycles. The highest BCUT2D eigenvalue weighted by molar-refractivity contribution is 5.63. The molecule has 0 spiro atoms. The van der Waals surface area contributed by atoms with E-state index in [0.29, 0.717) is 0 Å². The molecule has 30 valence electrons. The number of hydrogen-bond donors (Lipinski definition) is 2. The Bertz CT molecular complexity index is 55.5. The van der Waals surface area contributed by atoms with Crippen LogP contribution >= 0.6 is 0 Å². The molecule has 0 aromatic carbocycles. The molecule has 3 nitrogen and oxygen atoms in total. The van der Waals surface area contributed by atoms with E-state index in [0.717, 1.165) is 0 Å². The van der Waals surface area contributed by atoms with Crippen molar-refractivity contribution in [3.8, 4) is 0 Å². The van der Waals surface area contributed by atoms with Crippen molar-refractivity contribution in [2.75, 3.05) is 7.02 Å². The van der Waals surface area contributed by atoms with Crippen LogP contribution in [0.15, 0.2) is 0 Å². The van der Waals surface area contributed by atoms with Gasteiger partial charge >= 0.3 is 6.09 Å². The molecular formula is C2H5NO2. The molecule has 0 radical (unpaired) electrons. The van der Waals surface area contributed by atoms with Crippen molar-refractivity contribution < 1.29 is 11.3 Å². The predicted octanol–water partition coefficient (Wildman–Crippen LogP) is -0.116. The number of carbonyl (C=O) groups is 1. The first-order chi connectivity index (χ1) is 2.77. The van der Waals surface area contributed by atoms with Crippen LogP contribution in [-0.4, -0.2) is 18.2 Å². The molecule has 1 amide bonds. The zero-order valence-electron chi connectivity index (χ0n) is 3.56. The van der Waals surface area contributed by atoms with Gasteiger partial charge in [-0.3, -0.25) is 0 Å². The van der Waals surface area contributed by atoms with Crippen molar-refractivity contribution >= 4 is 6.09 Å². The standard InChI is InChI=1S/C2H5NO2/c1-3-2(4)5/h3H,1H3,(H,4,5)/i1D. The van der Waals surface area contributed by atoms with E-state index in [1.807, 2.05) is 0 Å². The van der Waals surface area contributed by atoms with Gasteiger partial charge in [0.2, 0.25) is 0 Å². The highest BCUT2D eigenvalue weighted by atomic mass is 16.4. The summed E-state index contributed by atoms with van der Waals surface area (Å²) in [7, 11) is -0.269. The van der Waals surface area contributed by atoms with Crippen molar-refractivity contribution in [1.82, 2.24) is 5.32 Å². The van der Waals surface area contributed by atoms with Crippen LogP contribution < -0.4 is 5.32 Å². The van der Waals surface area contributed by atoms with Gasteiger partial charge in [0, 0.05) is 8.39 Å². The number of carboxylic acid groups (broad SMARTS) is 1. The Balaban J connectivity index is 2.83. The van der Waals surface area contributed by atoms with Gasteiger partial charge in [-0.05, 0) is 0 Å². The summed E-state index contributed by atoms with van der Waals surface area (Å²) in [6, 6.07) is 0. The summed E-state index contributed by atoms with van der Waals surface area (Å²) in [5.41, 5.74) is 0. The molecule has 0 heterocycles. The lowest BCUT2D eigenvalue weighted by Crippen LogP contribution is -2.13. The van der Waals surface area contributed by atoms with Gasteiger partial charge in [0.05, 0.1) is 0 Å². The van der Waals surface area contributed by atoms with Gasteiger partial charge in [0.15, 0.2) is 0 Å². The van der Waals surface area contributed by atoms with Crippen LogP contribution in [-0.2, 0) is 0 Å². The van der Waals surface area contributed by atoms with Gasteiger partial charge in [-0.2, -0.15) is 0 Å². The number of nitrogens with one attached hydrogen (secondary N) is 1. The van der Waals surface area contributed by atoms with Gasteiger partial charge in [-0.1, -0.05) is 0 Å². The summed E-state index contributed by atoms with van der Waals surface area (Å²) in [5, 5.41) is 9.47. The van der Waals surface area contributed by atoms with E-state index in [9.17, 15) is 4.79 Å². The lowest BCUT2D eigenvalue weighted by Gasteiger charge is -1.78. The van der Waals surface area contributed by atoms with Crippen LogP contribution in [0.25, 0.3) is 0 Å². The maximum Gasteiger partial charge on any atom is 0.404 e. The maximum absolute atomic E-state index is 9.37. The van der Waals surface area contributed by atoms with E-state index in [1.54, 1.807) is 5.32 Å². The summed E-state index contributed by atoms with van der Waals surface area (Å²) in [6.45, 7) is 0. The summed E-state index contributed by atoms with van der Waals surface area (Å²) in [4.78, 5) is 9.37. The Morgan fingerprint density at radius 3 is 3.00 bits per heavy atom. The maximum atomic E-state index is 9.37. The Labute approximate surface area is 31.0 Å². The molecule has 0 rings (SSSR count). The highest BCUT2D eigenvalue weighted by Crippen LogP contribution is 1.45. The van der Waals surface area contributed by atoms with Gasteiger partial charge in [0.1, 0.15) is 0 Å². The number of amides is 1. The largest absolute Gasteiger partial charge is 0.465 e. The van der Waals surface area contributed by atoms with E-state index < -0.39 is 6.09 Å². The van der Waals surface area contributed by atoms with Crippen LogP contribution in [0.1, 0.15) is 1.37 Å². The normalized spacial score (nSPS) is 9.20. The van der Waals surface area contributed by atoms with Crippen LogP contribution in [0.2, 0.25) is 0 Å². The quantitative estimate of drug-likeness (QED) is 0.422. The third kappa shape index (κ3) is 3.27. The average Bonchev–Trinajstić information content (AvgIpc) is 1.35. The lowest BCUT2D eigenvalue weighted by molar-refractivity contribution is 0.197. The Morgan fingerprint density at radius 2 is 3.00 bits per heavy atom. The second-order valence-electron chi connectivity index (χ2n) is 0.482. The molecular weight excluding hydrogens is 70.0 g/mol. The molecule has 5 heavy (non-hydrogen) atoms. The van der Waals surface area contributed by atoms with Gasteiger partial charge in [0.25, 0.3) is 0 Å². The van der Waals surface area contributed by atoms with Gasteiger partial charge < -0.3 is 10.4 Å². The SMILES string of the molecule is [2H]CNC(=O)O. The van der Waals surface area contributed by atoms with E-state index in [2.05, 4.69) is 0 Å². The second-order valence-corrected chi connectivity index (χ2v) is 0.482. The minimum Gasteiger partial charge on any atom is -0.465 e. The van der Waals surface area contributed by atoms with E-state index in [-0.39, 0.29) is 7.02 Å². The van der Waals surface area contributed by atoms with Crippen molar-refractivity contribution in [2.45, 2.75) is 0 Å². The summed E-state index contributed by atoms with van der Waals surface area (Å²) >= 11 is 0. The Kier molecular flexibility index (Phi) is 0.789. The fourth-order valence-electron chi connectivity index (χ4n) is 0. The van der Waals surface area contributed by atoms with E-state index in [1.165, 1.54) is 0 Å². The molecule has 0 bridgehead atoms. The molecule has 0 atom stereocenters. The van der Waals surface area contributed by atoms with Crippen LogP contribution in [0.4, 0.5) is 4.79 Å². The minimum atomic E-state index is -1.15. The molecule has 3 heteroatoms. The van der Waals surface area contributed by atoms with Crippen molar-refractivity contribution in [2.24, 2.45) is 0 Å². The fraction of sp³-hybridized carbons (Fsp3) is 0.500.